The summed E-state index contributed by atoms with van der Waals surface area (Å²) in [6, 6.07) is 18.4. The van der Waals surface area contributed by atoms with Crippen LogP contribution < -0.4 is 0 Å². The van der Waals surface area contributed by atoms with E-state index in [1.807, 2.05) is 0 Å². The first-order valence-electron chi connectivity index (χ1n) is 14.8. The smallest absolute Gasteiger partial charge is 0.0835 e. The maximum Gasteiger partial charge on any atom is 0.0835 e. The highest BCUT2D eigenvalue weighted by atomic mass is 16.5. The number of hydrogen-bond acceptors (Lipinski definition) is 1. The van der Waals surface area contributed by atoms with E-state index < -0.39 is 0 Å². The van der Waals surface area contributed by atoms with E-state index >= 15 is 0 Å². The third-order valence-corrected chi connectivity index (χ3v) is 7.51. The Labute approximate surface area is 229 Å². The molecule has 0 spiro atoms. The molecule has 0 bridgehead atoms. The van der Waals surface area contributed by atoms with Gasteiger partial charge in [-0.2, -0.15) is 0 Å². The van der Waals surface area contributed by atoms with Gasteiger partial charge in [0.1, 0.15) is 0 Å². The Morgan fingerprint density at radius 2 is 0.973 bits per heavy atom. The summed E-state index contributed by atoms with van der Waals surface area (Å²) in [5.74, 6) is 1.20. The van der Waals surface area contributed by atoms with Gasteiger partial charge in [0.05, 0.1) is 12.2 Å². The van der Waals surface area contributed by atoms with E-state index in [1.54, 1.807) is 0 Å². The number of ether oxygens (including phenoxy) is 1. The molecule has 1 heteroatoms. The number of rotatable bonds is 16. The zero-order valence-electron chi connectivity index (χ0n) is 25.1. The van der Waals surface area contributed by atoms with E-state index in [4.69, 9.17) is 4.74 Å². The van der Waals surface area contributed by atoms with Crippen LogP contribution in [0.1, 0.15) is 128 Å². The molecule has 0 aliphatic heterocycles. The summed E-state index contributed by atoms with van der Waals surface area (Å²) in [5.41, 5.74) is 8.23. The molecule has 204 valence electrons. The summed E-state index contributed by atoms with van der Waals surface area (Å²) in [6.07, 6.45) is 13.9. The van der Waals surface area contributed by atoms with Crippen LogP contribution in [0.4, 0.5) is 0 Å². The quantitative estimate of drug-likeness (QED) is 0.207. The number of hydrogen-bond donors (Lipinski definition) is 0. The largest absolute Gasteiger partial charge is 0.366 e. The Morgan fingerprint density at radius 1 is 0.622 bits per heavy atom. The molecule has 0 N–H and O–H groups in total. The van der Waals surface area contributed by atoms with E-state index in [1.165, 1.54) is 46.2 Å². The second-order valence-corrected chi connectivity index (χ2v) is 11.7. The summed E-state index contributed by atoms with van der Waals surface area (Å²) >= 11 is 0. The van der Waals surface area contributed by atoms with E-state index in [9.17, 15) is 0 Å². The Bertz CT molecular complexity index is 860. The van der Waals surface area contributed by atoms with Crippen LogP contribution in [-0.2, 0) is 17.6 Å². The van der Waals surface area contributed by atoms with Gasteiger partial charge in [0.25, 0.3) is 0 Å². The van der Waals surface area contributed by atoms with E-state index in [-0.39, 0.29) is 12.2 Å². The molecule has 4 atom stereocenters. The minimum atomic E-state index is 0.105. The van der Waals surface area contributed by atoms with E-state index in [2.05, 4.69) is 116 Å². The lowest BCUT2D eigenvalue weighted by Crippen LogP contribution is -2.16. The molecule has 37 heavy (non-hydrogen) atoms. The number of aryl methyl sites for hydroxylation is 2. The molecule has 0 amide bonds. The van der Waals surface area contributed by atoms with Gasteiger partial charge >= 0.3 is 0 Å². The highest BCUT2D eigenvalue weighted by molar-refractivity contribution is 5.26. The van der Waals surface area contributed by atoms with Gasteiger partial charge in [0.15, 0.2) is 0 Å². The fraction of sp³-hybridized carbons (Fsp3) is 0.556. The monoisotopic (exact) mass is 502 g/mol. The summed E-state index contributed by atoms with van der Waals surface area (Å²) in [4.78, 5) is 0. The van der Waals surface area contributed by atoms with Crippen molar-refractivity contribution in [1.82, 2.24) is 0 Å². The van der Waals surface area contributed by atoms with Crippen molar-refractivity contribution in [2.75, 3.05) is 0 Å². The standard InChI is InChI=1S/C36H54O/c1-9-31-17-21-33(22-18-31)35(25-29(7)15-11-13-27(3)4)37-36(26-30(8)16-12-14-28(5)6)34-23-19-32(10-2)20-24-34/h13-14,17-24,29-30,35-36H,9-12,15-16,25-26H2,1-8H3. The molecule has 0 heterocycles. The summed E-state index contributed by atoms with van der Waals surface area (Å²) in [6.45, 7) is 18.0. The van der Waals surface area contributed by atoms with Gasteiger partial charge < -0.3 is 4.74 Å². The lowest BCUT2D eigenvalue weighted by atomic mass is 9.91. The summed E-state index contributed by atoms with van der Waals surface area (Å²) in [5, 5.41) is 0. The van der Waals surface area contributed by atoms with Gasteiger partial charge in [0.2, 0.25) is 0 Å². The fourth-order valence-electron chi connectivity index (χ4n) is 4.95. The van der Waals surface area contributed by atoms with Crippen LogP contribution in [0.5, 0.6) is 0 Å². The van der Waals surface area contributed by atoms with Crippen LogP contribution >= 0.6 is 0 Å². The van der Waals surface area contributed by atoms with Gasteiger partial charge in [0, 0.05) is 0 Å². The van der Waals surface area contributed by atoms with Crippen molar-refractivity contribution < 1.29 is 4.74 Å². The zero-order valence-corrected chi connectivity index (χ0v) is 25.1. The highest BCUT2D eigenvalue weighted by Gasteiger charge is 2.24. The first-order valence-corrected chi connectivity index (χ1v) is 14.8. The maximum absolute atomic E-state index is 7.14. The van der Waals surface area contributed by atoms with E-state index in [0.717, 1.165) is 38.5 Å². The fourth-order valence-corrected chi connectivity index (χ4v) is 4.95. The lowest BCUT2D eigenvalue weighted by Gasteiger charge is -2.30. The van der Waals surface area contributed by atoms with Crippen molar-refractivity contribution in [3.63, 3.8) is 0 Å². The molecule has 0 aliphatic carbocycles. The van der Waals surface area contributed by atoms with Crippen LogP contribution in [0.25, 0.3) is 0 Å². The van der Waals surface area contributed by atoms with E-state index in [0.29, 0.717) is 11.8 Å². The molecule has 2 aromatic carbocycles. The minimum Gasteiger partial charge on any atom is -0.366 e. The summed E-state index contributed by atoms with van der Waals surface area (Å²) in [7, 11) is 0. The van der Waals surface area contributed by atoms with Gasteiger partial charge in [-0.1, -0.05) is 99.5 Å². The van der Waals surface area contributed by atoms with Crippen LogP contribution in [0, 0.1) is 11.8 Å². The van der Waals surface area contributed by atoms with Gasteiger partial charge in [-0.25, -0.2) is 0 Å². The minimum absolute atomic E-state index is 0.105. The normalized spacial score (nSPS) is 14.5. The average Bonchev–Trinajstić information content (AvgIpc) is 2.87. The Kier molecular flexibility index (Phi) is 14.0. The molecule has 0 saturated heterocycles. The zero-order chi connectivity index (χ0) is 27.2. The maximum atomic E-state index is 7.14. The molecule has 4 unspecified atom stereocenters. The van der Waals surface area contributed by atoms with Crippen molar-refractivity contribution in [3.05, 3.63) is 94.1 Å². The molecular formula is C36H54O. The topological polar surface area (TPSA) is 9.23 Å². The SMILES string of the molecule is CCc1ccc(C(CC(C)CCC=C(C)C)OC(CC(C)CCC=C(C)C)c2ccc(CC)cc2)cc1. The predicted molar refractivity (Wildman–Crippen MR) is 163 cm³/mol. The Hall–Kier alpha value is -2.12. The predicted octanol–water partition coefficient (Wildman–Crippen LogP) is 11.2. The summed E-state index contributed by atoms with van der Waals surface area (Å²) < 4.78 is 7.14. The molecule has 0 fully saturated rings. The molecule has 1 nitrogen and oxygen atoms in total. The van der Waals surface area contributed by atoms with Crippen molar-refractivity contribution in [3.8, 4) is 0 Å². The first kappa shape index (κ1) is 31.1. The van der Waals surface area contributed by atoms with Crippen LogP contribution in [0.3, 0.4) is 0 Å². The molecule has 0 saturated carbocycles. The molecule has 2 aromatic rings. The molecular weight excluding hydrogens is 448 g/mol. The van der Waals surface area contributed by atoms with Crippen molar-refractivity contribution in [1.29, 1.82) is 0 Å². The highest BCUT2D eigenvalue weighted by Crippen LogP contribution is 2.37. The second kappa shape index (κ2) is 16.7. The third kappa shape index (κ3) is 11.9. The van der Waals surface area contributed by atoms with Crippen molar-refractivity contribution in [2.24, 2.45) is 11.8 Å². The van der Waals surface area contributed by atoms with Crippen molar-refractivity contribution in [2.45, 2.75) is 119 Å². The third-order valence-electron chi connectivity index (χ3n) is 7.51. The molecule has 0 aliphatic rings. The van der Waals surface area contributed by atoms with Crippen molar-refractivity contribution >= 4 is 0 Å². The molecule has 0 aromatic heterocycles. The number of benzene rings is 2. The van der Waals surface area contributed by atoms with Crippen LogP contribution in [0.15, 0.2) is 71.8 Å². The van der Waals surface area contributed by atoms with Crippen LogP contribution in [-0.4, -0.2) is 0 Å². The van der Waals surface area contributed by atoms with Crippen LogP contribution in [0.2, 0.25) is 0 Å². The second-order valence-electron chi connectivity index (χ2n) is 11.7. The van der Waals surface area contributed by atoms with Gasteiger partial charge in [-0.3, -0.25) is 0 Å². The molecule has 0 radical (unpaired) electrons. The average molecular weight is 503 g/mol. The first-order chi connectivity index (χ1) is 17.7. The Morgan fingerprint density at radius 3 is 1.27 bits per heavy atom. The Balaban J connectivity index is 2.29. The lowest BCUT2D eigenvalue weighted by molar-refractivity contribution is -0.0378. The van der Waals surface area contributed by atoms with Gasteiger partial charge in [-0.05, 0) is 113 Å². The van der Waals surface area contributed by atoms with Gasteiger partial charge in [-0.15, -0.1) is 0 Å². The number of allylic oxidation sites excluding steroid dienone is 4. The molecule has 2 rings (SSSR count).